The number of hydrogen-bond donors (Lipinski definition) is 0. The Balaban J connectivity index is 1.18. The normalized spacial score (nSPS) is 13.9. The lowest BCUT2D eigenvalue weighted by Crippen LogP contribution is -2.72. The zero-order valence-electron chi connectivity index (χ0n) is 31.8. The minimum absolute atomic E-state index is 0.0687. The van der Waals surface area contributed by atoms with Gasteiger partial charge in [0.1, 0.15) is 0 Å². The van der Waals surface area contributed by atoms with Crippen LogP contribution < -0.4 is 46.9 Å². The summed E-state index contributed by atoms with van der Waals surface area (Å²) in [5, 5.41) is 5.70. The van der Waals surface area contributed by atoms with Gasteiger partial charge in [-0.3, -0.25) is 0 Å². The van der Waals surface area contributed by atoms with Crippen LogP contribution in [0.4, 0.5) is 34.1 Å². The van der Waals surface area contributed by atoms with Crippen LogP contribution in [0.1, 0.15) is 0 Å². The fraction of sp³-hybridized carbons (Fsp3) is 0. The van der Waals surface area contributed by atoms with Gasteiger partial charge in [-0.25, -0.2) is 0 Å². The lowest BCUT2D eigenvalue weighted by Gasteiger charge is -2.44. The topological polar surface area (TPSA) is 6.48 Å². The van der Waals surface area contributed by atoms with E-state index in [1.54, 1.807) is 0 Å². The van der Waals surface area contributed by atoms with Crippen molar-refractivity contribution in [2.75, 3.05) is 9.80 Å². The van der Waals surface area contributed by atoms with Crippen molar-refractivity contribution in [3.05, 3.63) is 224 Å². The number of fused-ring (bicyclic) bond motifs is 7. The van der Waals surface area contributed by atoms with Crippen molar-refractivity contribution in [1.82, 2.24) is 0 Å². The molecule has 0 amide bonds. The maximum Gasteiger partial charge on any atom is 0.252 e. The molecule has 4 heteroatoms. The Hall–Kier alpha value is -7.14. The Morgan fingerprint density at radius 2 is 0.810 bits per heavy atom. The fourth-order valence-corrected chi connectivity index (χ4v) is 15.6. The SMILES string of the molecule is c1ccc(-c2cc3c4c(c2)N(c2ccc5c(c2)[Si](c2ccccc2)(c2ccccc2)c2ccccc2-5)c2ccccc2B4c2ccccc2N3c2ccccc2)cc1. The lowest BCUT2D eigenvalue weighted by atomic mass is 9.33. The van der Waals surface area contributed by atoms with Crippen molar-refractivity contribution in [1.29, 1.82) is 0 Å². The summed E-state index contributed by atoms with van der Waals surface area (Å²) in [4.78, 5) is 5.07. The average molecular weight is 753 g/mol. The van der Waals surface area contributed by atoms with E-state index in [4.69, 9.17) is 0 Å². The molecule has 9 aromatic carbocycles. The number of nitrogens with zero attached hydrogens (tertiary/aromatic N) is 2. The molecule has 3 aliphatic heterocycles. The third kappa shape index (κ3) is 4.67. The minimum atomic E-state index is -2.73. The maximum atomic E-state index is 2.58. The minimum Gasteiger partial charge on any atom is -0.311 e. The summed E-state index contributed by atoms with van der Waals surface area (Å²) in [6, 6.07) is 84.0. The molecule has 3 aliphatic rings. The van der Waals surface area contributed by atoms with Gasteiger partial charge in [-0.1, -0.05) is 176 Å². The van der Waals surface area contributed by atoms with Crippen LogP contribution in [0.25, 0.3) is 22.3 Å². The summed E-state index contributed by atoms with van der Waals surface area (Å²) in [6.07, 6.45) is 0. The van der Waals surface area contributed by atoms with Crippen LogP contribution in [-0.2, 0) is 0 Å². The highest BCUT2D eigenvalue weighted by Gasteiger charge is 2.49. The zero-order valence-corrected chi connectivity index (χ0v) is 32.8. The van der Waals surface area contributed by atoms with Gasteiger partial charge in [0.25, 0.3) is 6.71 Å². The van der Waals surface area contributed by atoms with Crippen molar-refractivity contribution < 1.29 is 0 Å². The van der Waals surface area contributed by atoms with Crippen LogP contribution in [-0.4, -0.2) is 14.8 Å². The number of benzene rings is 9. The van der Waals surface area contributed by atoms with Gasteiger partial charge < -0.3 is 9.80 Å². The van der Waals surface area contributed by atoms with E-state index in [0.717, 1.165) is 5.69 Å². The molecule has 0 aliphatic carbocycles. The van der Waals surface area contributed by atoms with Crippen LogP contribution in [0, 0.1) is 0 Å². The molecule has 0 atom stereocenters. The predicted octanol–water partition coefficient (Wildman–Crippen LogP) is 8.79. The fourth-order valence-electron chi connectivity index (χ4n) is 10.4. The largest absolute Gasteiger partial charge is 0.311 e. The van der Waals surface area contributed by atoms with Crippen LogP contribution >= 0.6 is 0 Å². The van der Waals surface area contributed by atoms with Crippen molar-refractivity contribution >= 4 is 86.0 Å². The number of anilines is 6. The summed E-state index contributed by atoms with van der Waals surface area (Å²) in [5.41, 5.74) is 16.3. The Kier molecular flexibility index (Phi) is 7.38. The molecule has 12 rings (SSSR count). The quantitative estimate of drug-likeness (QED) is 0.162. The van der Waals surface area contributed by atoms with E-state index < -0.39 is 8.07 Å². The highest BCUT2D eigenvalue weighted by Crippen LogP contribution is 2.46. The molecule has 0 N–H and O–H groups in total. The molecule has 0 fully saturated rings. The molecular formula is C54H37BN2Si. The van der Waals surface area contributed by atoms with Gasteiger partial charge in [-0.2, -0.15) is 0 Å². The second-order valence-electron chi connectivity index (χ2n) is 15.6. The molecule has 58 heavy (non-hydrogen) atoms. The van der Waals surface area contributed by atoms with E-state index in [9.17, 15) is 0 Å². The lowest BCUT2D eigenvalue weighted by molar-refractivity contribution is 1.25. The van der Waals surface area contributed by atoms with Gasteiger partial charge >= 0.3 is 0 Å². The second-order valence-corrected chi connectivity index (χ2v) is 19.3. The van der Waals surface area contributed by atoms with Gasteiger partial charge in [0.2, 0.25) is 0 Å². The molecule has 0 aromatic heterocycles. The number of hydrogen-bond acceptors (Lipinski definition) is 2. The molecule has 3 heterocycles. The Bertz CT molecular complexity index is 2980. The van der Waals surface area contributed by atoms with Gasteiger partial charge in [-0.05, 0) is 108 Å². The Morgan fingerprint density at radius 3 is 1.43 bits per heavy atom. The average Bonchev–Trinajstić information content (AvgIpc) is 3.60. The zero-order chi connectivity index (χ0) is 38.2. The van der Waals surface area contributed by atoms with E-state index in [0.29, 0.717) is 0 Å². The van der Waals surface area contributed by atoms with Crippen LogP contribution in [0.3, 0.4) is 0 Å². The molecule has 0 spiro atoms. The predicted molar refractivity (Wildman–Crippen MR) is 249 cm³/mol. The van der Waals surface area contributed by atoms with Crippen LogP contribution in [0.5, 0.6) is 0 Å². The summed E-state index contributed by atoms with van der Waals surface area (Å²) >= 11 is 0. The molecule has 0 unspecified atom stereocenters. The highest BCUT2D eigenvalue weighted by atomic mass is 28.3. The van der Waals surface area contributed by atoms with Gasteiger partial charge in [-0.15, -0.1) is 0 Å². The van der Waals surface area contributed by atoms with E-state index in [2.05, 4.69) is 234 Å². The summed E-state index contributed by atoms with van der Waals surface area (Å²) in [7, 11) is -2.73. The summed E-state index contributed by atoms with van der Waals surface area (Å²) < 4.78 is 0. The number of para-hydroxylation sites is 3. The first-order valence-corrected chi connectivity index (χ1v) is 22.2. The van der Waals surface area contributed by atoms with Crippen LogP contribution in [0.2, 0.25) is 0 Å². The van der Waals surface area contributed by atoms with E-state index >= 15 is 0 Å². The molecular weight excluding hydrogens is 716 g/mol. The first-order chi connectivity index (χ1) is 28.8. The monoisotopic (exact) mass is 752 g/mol. The molecule has 0 saturated carbocycles. The summed E-state index contributed by atoms with van der Waals surface area (Å²) in [5.74, 6) is 0. The third-order valence-corrected chi connectivity index (χ3v) is 17.6. The Morgan fingerprint density at radius 1 is 0.328 bits per heavy atom. The van der Waals surface area contributed by atoms with Gasteiger partial charge in [0, 0.05) is 34.1 Å². The van der Waals surface area contributed by atoms with Crippen LogP contribution in [0.15, 0.2) is 224 Å². The highest BCUT2D eigenvalue weighted by molar-refractivity contribution is 7.22. The standard InChI is InChI=1S/C54H37BN2Si/c1-5-19-38(20-6-1)39-35-50-54-51(36-39)57(49-31-17-15-29-47(49)55(54)46-28-14-16-30-48(46)56(50)40-21-7-2-8-22-40)41-33-34-45-44-27-13-18-32-52(44)58(53(45)37-41,42-23-9-3-10-24-42)43-25-11-4-12-26-43/h1-37H. The van der Waals surface area contributed by atoms with E-state index in [-0.39, 0.29) is 6.71 Å². The third-order valence-electron chi connectivity index (χ3n) is 12.7. The van der Waals surface area contributed by atoms with Gasteiger partial charge in [0.05, 0.1) is 0 Å². The van der Waals surface area contributed by atoms with Crippen molar-refractivity contribution in [3.63, 3.8) is 0 Å². The van der Waals surface area contributed by atoms with E-state index in [1.165, 1.54) is 87.8 Å². The smallest absolute Gasteiger partial charge is 0.252 e. The first-order valence-electron chi connectivity index (χ1n) is 20.2. The first kappa shape index (κ1) is 33.0. The number of rotatable bonds is 5. The van der Waals surface area contributed by atoms with Crippen molar-refractivity contribution in [3.8, 4) is 22.3 Å². The molecule has 0 bridgehead atoms. The molecule has 0 saturated heterocycles. The molecule has 270 valence electrons. The van der Waals surface area contributed by atoms with Crippen molar-refractivity contribution in [2.45, 2.75) is 0 Å². The molecule has 9 aromatic rings. The van der Waals surface area contributed by atoms with E-state index in [1.807, 2.05) is 0 Å². The second kappa shape index (κ2) is 13.0. The van der Waals surface area contributed by atoms with Gasteiger partial charge in [0.15, 0.2) is 8.07 Å². The van der Waals surface area contributed by atoms with Crippen molar-refractivity contribution in [2.24, 2.45) is 0 Å². The molecule has 0 radical (unpaired) electrons. The maximum absolute atomic E-state index is 2.73. The molecule has 2 nitrogen and oxygen atoms in total. The summed E-state index contributed by atoms with van der Waals surface area (Å²) in [6.45, 7) is 0.0687. The Labute approximate surface area is 341 Å².